The van der Waals surface area contributed by atoms with Gasteiger partial charge in [0.25, 0.3) is 0 Å². The fourth-order valence-corrected chi connectivity index (χ4v) is 6.11. The van der Waals surface area contributed by atoms with Crippen molar-refractivity contribution in [1.29, 1.82) is 0 Å². The van der Waals surface area contributed by atoms with E-state index in [1.54, 1.807) is 0 Å². The van der Waals surface area contributed by atoms with Gasteiger partial charge in [0.05, 0.1) is 5.41 Å². The molecule has 3 heteroatoms. The highest BCUT2D eigenvalue weighted by Gasteiger charge is 2.59. The Morgan fingerprint density at radius 1 is 1.29 bits per heavy atom. The first-order chi connectivity index (χ1) is 9.89. The van der Waals surface area contributed by atoms with Crippen LogP contribution in [0.5, 0.6) is 0 Å². The molecule has 0 spiro atoms. The summed E-state index contributed by atoms with van der Waals surface area (Å²) >= 11 is 0. The lowest BCUT2D eigenvalue weighted by Gasteiger charge is -2.61. The number of hydrogen-bond donors (Lipinski definition) is 1. The van der Waals surface area contributed by atoms with Crippen LogP contribution in [-0.2, 0) is 4.79 Å². The Labute approximate surface area is 129 Å². The van der Waals surface area contributed by atoms with Crippen molar-refractivity contribution < 1.29 is 4.79 Å². The van der Waals surface area contributed by atoms with Gasteiger partial charge in [-0.2, -0.15) is 0 Å². The minimum atomic E-state index is -0.0246. The molecule has 4 saturated carbocycles. The summed E-state index contributed by atoms with van der Waals surface area (Å²) in [5.74, 6) is 2.47. The molecule has 0 saturated heterocycles. The predicted molar refractivity (Wildman–Crippen MR) is 85.7 cm³/mol. The number of nitrogens with zero attached hydrogens (tertiary/aromatic N) is 1. The lowest BCUT2D eigenvalue weighted by molar-refractivity contribution is -0.166. The number of nitrogens with two attached hydrogens (primary N) is 1. The summed E-state index contributed by atoms with van der Waals surface area (Å²) in [6.45, 7) is 9.03. The summed E-state index contributed by atoms with van der Waals surface area (Å²) in [6, 6.07) is 0. The normalized spacial score (nSPS) is 42.1. The van der Waals surface area contributed by atoms with Crippen LogP contribution in [-0.4, -0.2) is 30.4 Å². The van der Waals surface area contributed by atoms with Crippen molar-refractivity contribution in [3.63, 3.8) is 0 Å². The van der Waals surface area contributed by atoms with Crippen molar-refractivity contribution in [2.45, 2.75) is 59.3 Å². The Bertz CT molecular complexity index is 405. The van der Waals surface area contributed by atoms with Gasteiger partial charge in [-0.1, -0.05) is 13.8 Å². The molecule has 0 radical (unpaired) electrons. The third-order valence-corrected chi connectivity index (χ3v) is 6.41. The molecule has 0 aromatic heterocycles. The van der Waals surface area contributed by atoms with Gasteiger partial charge in [0.2, 0.25) is 5.91 Å². The zero-order valence-corrected chi connectivity index (χ0v) is 14.0. The maximum absolute atomic E-state index is 13.3. The molecule has 4 fully saturated rings. The molecule has 4 rings (SSSR count). The van der Waals surface area contributed by atoms with E-state index < -0.39 is 0 Å². The first-order valence-corrected chi connectivity index (χ1v) is 8.89. The van der Waals surface area contributed by atoms with Gasteiger partial charge in [0, 0.05) is 13.1 Å². The van der Waals surface area contributed by atoms with Crippen LogP contribution in [0.4, 0.5) is 0 Å². The first-order valence-electron chi connectivity index (χ1n) is 8.89. The fourth-order valence-electron chi connectivity index (χ4n) is 6.11. The molecule has 120 valence electrons. The molecular weight excluding hydrogens is 260 g/mol. The van der Waals surface area contributed by atoms with Crippen LogP contribution in [0.3, 0.4) is 0 Å². The second-order valence-corrected chi connectivity index (χ2v) is 8.74. The highest BCUT2D eigenvalue weighted by atomic mass is 16.2. The van der Waals surface area contributed by atoms with Gasteiger partial charge in [-0.25, -0.2) is 0 Å². The van der Waals surface area contributed by atoms with Gasteiger partial charge in [0.15, 0.2) is 0 Å². The van der Waals surface area contributed by atoms with Crippen LogP contribution in [0, 0.1) is 28.6 Å². The summed E-state index contributed by atoms with van der Waals surface area (Å²) in [6.07, 6.45) is 7.57. The topological polar surface area (TPSA) is 46.3 Å². The molecule has 0 heterocycles. The van der Waals surface area contributed by atoms with Crippen LogP contribution in [0.2, 0.25) is 0 Å². The second-order valence-electron chi connectivity index (χ2n) is 8.74. The maximum atomic E-state index is 13.3. The second kappa shape index (κ2) is 5.26. The smallest absolute Gasteiger partial charge is 0.228 e. The average Bonchev–Trinajstić information content (AvgIpc) is 2.41. The summed E-state index contributed by atoms with van der Waals surface area (Å²) in [5, 5.41) is 0. The number of carbonyl (C=O) groups excluding carboxylic acids is 1. The summed E-state index contributed by atoms with van der Waals surface area (Å²) in [4.78, 5) is 15.4. The van der Waals surface area contributed by atoms with Crippen LogP contribution >= 0.6 is 0 Å². The molecule has 4 aliphatic carbocycles. The molecule has 3 nitrogen and oxygen atoms in total. The molecule has 21 heavy (non-hydrogen) atoms. The molecular formula is C18H32N2O. The van der Waals surface area contributed by atoms with Crippen molar-refractivity contribution in [3.05, 3.63) is 0 Å². The Kier molecular flexibility index (Phi) is 3.84. The third kappa shape index (κ3) is 2.62. The third-order valence-electron chi connectivity index (χ3n) is 6.41. The Morgan fingerprint density at radius 2 is 1.90 bits per heavy atom. The molecule has 4 aliphatic rings. The fraction of sp³-hybridized carbons (Fsp3) is 0.944. The van der Waals surface area contributed by atoms with Crippen molar-refractivity contribution in [2.75, 3.05) is 19.6 Å². The SMILES string of the molecule is CCN(CC(C)CN)C(=O)C12CC3CC(CC(C)(C3)C1)C2. The van der Waals surface area contributed by atoms with E-state index in [-0.39, 0.29) is 5.41 Å². The number of amides is 1. The van der Waals surface area contributed by atoms with Crippen LogP contribution in [0.15, 0.2) is 0 Å². The van der Waals surface area contributed by atoms with E-state index in [0.717, 1.165) is 44.2 Å². The molecule has 3 unspecified atom stereocenters. The largest absolute Gasteiger partial charge is 0.342 e. The number of hydrogen-bond acceptors (Lipinski definition) is 2. The van der Waals surface area contributed by atoms with E-state index in [4.69, 9.17) is 5.73 Å². The summed E-state index contributed by atoms with van der Waals surface area (Å²) < 4.78 is 0. The van der Waals surface area contributed by atoms with Crippen LogP contribution in [0.25, 0.3) is 0 Å². The highest BCUT2D eigenvalue weighted by Crippen LogP contribution is 2.65. The molecule has 0 aromatic rings. The molecule has 1 amide bonds. The van der Waals surface area contributed by atoms with E-state index in [1.165, 1.54) is 19.3 Å². The van der Waals surface area contributed by atoms with Crippen molar-refractivity contribution in [1.82, 2.24) is 4.90 Å². The van der Waals surface area contributed by atoms with Gasteiger partial charge >= 0.3 is 0 Å². The van der Waals surface area contributed by atoms with E-state index in [1.807, 2.05) is 0 Å². The highest BCUT2D eigenvalue weighted by molar-refractivity contribution is 5.83. The monoisotopic (exact) mass is 292 g/mol. The molecule has 4 bridgehead atoms. The van der Waals surface area contributed by atoms with Gasteiger partial charge in [0.1, 0.15) is 0 Å². The van der Waals surface area contributed by atoms with Gasteiger partial charge in [-0.05, 0) is 75.2 Å². The maximum Gasteiger partial charge on any atom is 0.228 e. The lowest BCUT2D eigenvalue weighted by atomic mass is 9.44. The molecule has 0 aromatic carbocycles. The van der Waals surface area contributed by atoms with Gasteiger partial charge in [-0.15, -0.1) is 0 Å². The summed E-state index contributed by atoms with van der Waals surface area (Å²) in [7, 11) is 0. The van der Waals surface area contributed by atoms with E-state index in [9.17, 15) is 4.79 Å². The van der Waals surface area contributed by atoms with E-state index in [0.29, 0.717) is 23.8 Å². The van der Waals surface area contributed by atoms with Crippen molar-refractivity contribution in [3.8, 4) is 0 Å². The Hall–Kier alpha value is -0.570. The number of rotatable bonds is 5. The van der Waals surface area contributed by atoms with Crippen molar-refractivity contribution in [2.24, 2.45) is 34.3 Å². The minimum absolute atomic E-state index is 0.0246. The van der Waals surface area contributed by atoms with Gasteiger partial charge < -0.3 is 10.6 Å². The van der Waals surface area contributed by atoms with E-state index >= 15 is 0 Å². The quantitative estimate of drug-likeness (QED) is 0.846. The van der Waals surface area contributed by atoms with Crippen LogP contribution in [0.1, 0.15) is 59.3 Å². The standard InChI is InChI=1S/C18H32N2O/c1-4-20(11-13(2)10-19)16(21)18-8-14-5-15(9-18)7-17(3,6-14)12-18/h13-15H,4-12,19H2,1-3H3. The Balaban J connectivity index is 1.80. The molecule has 3 atom stereocenters. The zero-order valence-electron chi connectivity index (χ0n) is 14.0. The van der Waals surface area contributed by atoms with Crippen LogP contribution < -0.4 is 5.73 Å². The first kappa shape index (κ1) is 15.3. The lowest BCUT2D eigenvalue weighted by Crippen LogP contribution is -2.58. The minimum Gasteiger partial charge on any atom is -0.342 e. The van der Waals surface area contributed by atoms with E-state index in [2.05, 4.69) is 25.7 Å². The zero-order chi connectivity index (χ0) is 15.3. The molecule has 0 aliphatic heterocycles. The molecule has 2 N–H and O–H groups in total. The average molecular weight is 292 g/mol. The summed E-state index contributed by atoms with van der Waals surface area (Å²) in [5.41, 5.74) is 6.18. The van der Waals surface area contributed by atoms with Crippen molar-refractivity contribution >= 4 is 5.91 Å². The number of carbonyl (C=O) groups is 1. The van der Waals surface area contributed by atoms with Gasteiger partial charge in [-0.3, -0.25) is 4.79 Å². The predicted octanol–water partition coefficient (Wildman–Crippen LogP) is 3.04. The Morgan fingerprint density at radius 3 is 2.38 bits per heavy atom.